The van der Waals surface area contributed by atoms with Crippen molar-refractivity contribution in [3.8, 4) is 0 Å². The lowest BCUT2D eigenvalue weighted by atomic mass is 9.83. The molecule has 0 radical (unpaired) electrons. The molecule has 0 aromatic heterocycles. The highest BCUT2D eigenvalue weighted by molar-refractivity contribution is 14.1. The highest BCUT2D eigenvalue weighted by atomic mass is 127. The minimum Gasteiger partial charge on any atom is -0.384 e. The third-order valence-electron chi connectivity index (χ3n) is 3.65. The van der Waals surface area contributed by atoms with Crippen molar-refractivity contribution >= 4 is 39.9 Å². The van der Waals surface area contributed by atoms with Crippen LogP contribution in [0.5, 0.6) is 0 Å². The van der Waals surface area contributed by atoms with Crippen LogP contribution >= 0.6 is 34.2 Å². The monoisotopic (exact) mass is 363 g/mol. The summed E-state index contributed by atoms with van der Waals surface area (Å²) in [7, 11) is 0. The molecular formula is C14H19ClIN. The third kappa shape index (κ3) is 4.02. The van der Waals surface area contributed by atoms with E-state index in [4.69, 9.17) is 11.6 Å². The molecule has 1 nitrogen and oxygen atoms in total. The van der Waals surface area contributed by atoms with Gasteiger partial charge in [-0.2, -0.15) is 0 Å². The minimum absolute atomic E-state index is 0.812. The summed E-state index contributed by atoms with van der Waals surface area (Å²) in [5, 5.41) is 4.37. The van der Waals surface area contributed by atoms with Gasteiger partial charge in [0.15, 0.2) is 0 Å². The van der Waals surface area contributed by atoms with Gasteiger partial charge in [-0.3, -0.25) is 0 Å². The maximum absolute atomic E-state index is 5.95. The Morgan fingerprint density at radius 3 is 2.65 bits per heavy atom. The fourth-order valence-electron chi connectivity index (χ4n) is 2.42. The Balaban J connectivity index is 1.85. The smallest absolute Gasteiger partial charge is 0.0477 e. The molecule has 1 N–H and O–H groups in total. The fourth-order valence-corrected chi connectivity index (χ4v) is 3.48. The average molecular weight is 364 g/mol. The van der Waals surface area contributed by atoms with E-state index in [-0.39, 0.29) is 0 Å². The van der Waals surface area contributed by atoms with Gasteiger partial charge in [-0.25, -0.2) is 0 Å². The van der Waals surface area contributed by atoms with E-state index < -0.39 is 0 Å². The lowest BCUT2D eigenvalue weighted by Gasteiger charge is -2.26. The summed E-state index contributed by atoms with van der Waals surface area (Å²) in [6, 6.07) is 6.04. The van der Waals surface area contributed by atoms with E-state index in [1.54, 1.807) is 0 Å². The van der Waals surface area contributed by atoms with Crippen LogP contribution < -0.4 is 5.32 Å². The zero-order valence-electron chi connectivity index (χ0n) is 10.2. The van der Waals surface area contributed by atoms with Crippen LogP contribution in [-0.2, 0) is 0 Å². The molecule has 0 saturated heterocycles. The molecule has 1 aliphatic rings. The van der Waals surface area contributed by atoms with E-state index in [2.05, 4.69) is 40.9 Å². The molecule has 1 aliphatic carbocycles. The Labute approximate surface area is 122 Å². The van der Waals surface area contributed by atoms with Crippen molar-refractivity contribution in [2.24, 2.45) is 11.8 Å². The van der Waals surface area contributed by atoms with E-state index in [0.717, 1.165) is 23.4 Å². The molecule has 0 aliphatic heterocycles. The first-order valence-electron chi connectivity index (χ1n) is 6.34. The maximum Gasteiger partial charge on any atom is 0.0477 e. The topological polar surface area (TPSA) is 12.0 Å². The van der Waals surface area contributed by atoms with Crippen LogP contribution in [0.4, 0.5) is 5.69 Å². The Bertz CT molecular complexity index is 372. The average Bonchev–Trinajstić information content (AvgIpc) is 2.30. The molecule has 94 valence electrons. The highest BCUT2D eigenvalue weighted by Gasteiger charge is 2.17. The second kappa shape index (κ2) is 6.28. The molecule has 0 atom stereocenters. The Morgan fingerprint density at radius 2 is 2.00 bits per heavy atom. The quantitative estimate of drug-likeness (QED) is 0.729. The maximum atomic E-state index is 5.95. The van der Waals surface area contributed by atoms with Gasteiger partial charge < -0.3 is 5.32 Å². The first-order valence-corrected chi connectivity index (χ1v) is 7.79. The third-order valence-corrected chi connectivity index (χ3v) is 4.78. The number of hydrogen-bond acceptors (Lipinski definition) is 1. The van der Waals surface area contributed by atoms with E-state index in [1.807, 2.05) is 12.1 Å². The molecule has 1 saturated carbocycles. The number of nitrogens with one attached hydrogen (secondary N) is 1. The molecule has 1 fully saturated rings. The summed E-state index contributed by atoms with van der Waals surface area (Å²) in [6.45, 7) is 3.47. The number of anilines is 1. The lowest BCUT2D eigenvalue weighted by molar-refractivity contribution is 0.300. The molecule has 3 heteroatoms. The van der Waals surface area contributed by atoms with E-state index in [9.17, 15) is 0 Å². The zero-order valence-corrected chi connectivity index (χ0v) is 13.1. The summed E-state index contributed by atoms with van der Waals surface area (Å²) in [5.74, 6) is 1.78. The van der Waals surface area contributed by atoms with Crippen LogP contribution in [0.15, 0.2) is 18.2 Å². The lowest BCUT2D eigenvalue weighted by Crippen LogP contribution is -2.20. The van der Waals surface area contributed by atoms with Crippen molar-refractivity contribution in [3.05, 3.63) is 26.8 Å². The van der Waals surface area contributed by atoms with Gasteiger partial charge in [0.2, 0.25) is 0 Å². The van der Waals surface area contributed by atoms with Crippen LogP contribution in [0, 0.1) is 15.4 Å². The molecule has 0 unspecified atom stereocenters. The van der Waals surface area contributed by atoms with Gasteiger partial charge in [0.05, 0.1) is 0 Å². The summed E-state index contributed by atoms with van der Waals surface area (Å²) in [6.07, 6.45) is 5.53. The SMILES string of the molecule is CC1CCC(CNc2ccc(Cl)cc2I)CC1. The van der Waals surface area contributed by atoms with Crippen LogP contribution in [0.1, 0.15) is 32.6 Å². The summed E-state index contributed by atoms with van der Waals surface area (Å²) < 4.78 is 1.21. The van der Waals surface area contributed by atoms with Crippen LogP contribution in [-0.4, -0.2) is 6.54 Å². The molecule has 0 spiro atoms. The Morgan fingerprint density at radius 1 is 1.29 bits per heavy atom. The van der Waals surface area contributed by atoms with E-state index >= 15 is 0 Å². The van der Waals surface area contributed by atoms with Crippen molar-refractivity contribution in [2.45, 2.75) is 32.6 Å². The molecule has 1 aromatic carbocycles. The van der Waals surface area contributed by atoms with Crippen molar-refractivity contribution in [1.82, 2.24) is 0 Å². The second-order valence-corrected chi connectivity index (χ2v) is 6.73. The Kier molecular flexibility index (Phi) is 4.97. The fraction of sp³-hybridized carbons (Fsp3) is 0.571. The molecule has 0 heterocycles. The normalized spacial score (nSPS) is 24.6. The minimum atomic E-state index is 0.812. The molecule has 17 heavy (non-hydrogen) atoms. The molecule has 0 amide bonds. The molecule has 0 bridgehead atoms. The van der Waals surface area contributed by atoms with E-state index in [1.165, 1.54) is 34.9 Å². The van der Waals surface area contributed by atoms with Gasteiger partial charge in [0.25, 0.3) is 0 Å². The first-order chi connectivity index (χ1) is 8.15. The standard InChI is InChI=1S/C14H19ClIN/c1-10-2-4-11(5-3-10)9-17-14-7-6-12(15)8-13(14)16/h6-8,10-11,17H,2-5,9H2,1H3. The summed E-state index contributed by atoms with van der Waals surface area (Å²) in [5.41, 5.74) is 1.22. The number of hydrogen-bond donors (Lipinski definition) is 1. The predicted molar refractivity (Wildman–Crippen MR) is 83.8 cm³/mol. The van der Waals surface area contributed by atoms with Crippen LogP contribution in [0.2, 0.25) is 5.02 Å². The van der Waals surface area contributed by atoms with Crippen molar-refractivity contribution in [3.63, 3.8) is 0 Å². The van der Waals surface area contributed by atoms with Gasteiger partial charge in [-0.1, -0.05) is 31.4 Å². The van der Waals surface area contributed by atoms with Crippen LogP contribution in [0.3, 0.4) is 0 Å². The number of rotatable bonds is 3. The number of benzene rings is 1. The first kappa shape index (κ1) is 13.5. The van der Waals surface area contributed by atoms with Gasteiger partial charge in [-0.05, 0) is 65.5 Å². The molecule has 2 rings (SSSR count). The highest BCUT2D eigenvalue weighted by Crippen LogP contribution is 2.29. The van der Waals surface area contributed by atoms with Gasteiger partial charge >= 0.3 is 0 Å². The van der Waals surface area contributed by atoms with Crippen molar-refractivity contribution < 1.29 is 0 Å². The summed E-state index contributed by atoms with van der Waals surface area (Å²) >= 11 is 8.29. The summed E-state index contributed by atoms with van der Waals surface area (Å²) in [4.78, 5) is 0. The van der Waals surface area contributed by atoms with Gasteiger partial charge in [-0.15, -0.1) is 0 Å². The van der Waals surface area contributed by atoms with Crippen molar-refractivity contribution in [1.29, 1.82) is 0 Å². The van der Waals surface area contributed by atoms with Gasteiger partial charge in [0, 0.05) is 20.8 Å². The Hall–Kier alpha value is 0.0400. The van der Waals surface area contributed by atoms with Crippen LogP contribution in [0.25, 0.3) is 0 Å². The predicted octanol–water partition coefficient (Wildman–Crippen LogP) is 5.18. The number of halogens is 2. The van der Waals surface area contributed by atoms with Crippen molar-refractivity contribution in [2.75, 3.05) is 11.9 Å². The molecule has 1 aromatic rings. The second-order valence-electron chi connectivity index (χ2n) is 5.13. The zero-order chi connectivity index (χ0) is 12.3. The largest absolute Gasteiger partial charge is 0.384 e. The van der Waals surface area contributed by atoms with E-state index in [0.29, 0.717) is 0 Å². The molecular weight excluding hydrogens is 345 g/mol. The van der Waals surface area contributed by atoms with Gasteiger partial charge in [0.1, 0.15) is 0 Å².